The summed E-state index contributed by atoms with van der Waals surface area (Å²) in [5.41, 5.74) is -5.51. The lowest BCUT2D eigenvalue weighted by Gasteiger charge is -2.15. The number of benzene rings is 1. The molecule has 3 nitrogen and oxygen atoms in total. The summed E-state index contributed by atoms with van der Waals surface area (Å²) < 4.78 is 73.9. The van der Waals surface area contributed by atoms with Gasteiger partial charge in [0.2, 0.25) is 0 Å². The first kappa shape index (κ1) is 14.1. The zero-order valence-corrected chi connectivity index (χ0v) is 8.23. The molecule has 1 aromatic carbocycles. The zero-order chi connectivity index (χ0) is 14.3. The number of alkyl halides is 6. The van der Waals surface area contributed by atoms with Gasteiger partial charge in [-0.15, -0.1) is 0 Å². The maximum atomic E-state index is 12.4. The molecule has 1 rings (SSSR count). The van der Waals surface area contributed by atoms with Crippen molar-refractivity contribution in [3.8, 4) is 5.75 Å². The topological polar surface area (TPSA) is 57.5 Å². The molecule has 1 aromatic rings. The highest BCUT2D eigenvalue weighted by atomic mass is 19.4. The summed E-state index contributed by atoms with van der Waals surface area (Å²) in [7, 11) is 0. The standard InChI is InChI=1S/C9H4F6O3/c10-8(11,12)3-1-2-4(9(13,14)15)6(16)5(3)7(17)18/h1-2,16H,(H,17,18). The Kier molecular flexibility index (Phi) is 3.20. The van der Waals surface area contributed by atoms with E-state index >= 15 is 0 Å². The average molecular weight is 274 g/mol. The molecule has 0 aliphatic heterocycles. The van der Waals surface area contributed by atoms with Crippen LogP contribution in [0.15, 0.2) is 12.1 Å². The van der Waals surface area contributed by atoms with E-state index in [1.54, 1.807) is 0 Å². The van der Waals surface area contributed by atoms with Crippen LogP contribution < -0.4 is 0 Å². The molecule has 0 aromatic heterocycles. The molecule has 100 valence electrons. The predicted octanol–water partition coefficient (Wildman–Crippen LogP) is 3.13. The van der Waals surface area contributed by atoms with Gasteiger partial charge < -0.3 is 10.2 Å². The van der Waals surface area contributed by atoms with Crippen molar-refractivity contribution in [3.63, 3.8) is 0 Å². The molecule has 0 radical (unpaired) electrons. The SMILES string of the molecule is O=C(O)c1c(C(F)(F)F)ccc(C(F)(F)F)c1O. The Balaban J connectivity index is 3.64. The second-order valence-corrected chi connectivity index (χ2v) is 3.18. The van der Waals surface area contributed by atoms with Crippen LogP contribution >= 0.6 is 0 Å². The van der Waals surface area contributed by atoms with Crippen LogP contribution in [0.25, 0.3) is 0 Å². The number of rotatable bonds is 1. The van der Waals surface area contributed by atoms with Crippen LogP contribution in [-0.2, 0) is 12.4 Å². The highest BCUT2D eigenvalue weighted by Crippen LogP contribution is 2.42. The van der Waals surface area contributed by atoms with Gasteiger partial charge in [0.1, 0.15) is 11.3 Å². The van der Waals surface area contributed by atoms with Gasteiger partial charge >= 0.3 is 18.3 Å². The van der Waals surface area contributed by atoms with Gasteiger partial charge in [-0.25, -0.2) is 4.79 Å². The van der Waals surface area contributed by atoms with E-state index in [0.29, 0.717) is 0 Å². The average Bonchev–Trinajstić information content (AvgIpc) is 2.12. The van der Waals surface area contributed by atoms with Gasteiger partial charge in [-0.05, 0) is 12.1 Å². The summed E-state index contributed by atoms with van der Waals surface area (Å²) in [6.45, 7) is 0. The highest BCUT2D eigenvalue weighted by Gasteiger charge is 2.42. The molecular formula is C9H4F6O3. The summed E-state index contributed by atoms with van der Waals surface area (Å²) in [5, 5.41) is 17.5. The number of phenols is 1. The summed E-state index contributed by atoms with van der Waals surface area (Å²) in [4.78, 5) is 10.5. The van der Waals surface area contributed by atoms with E-state index in [2.05, 4.69) is 0 Å². The molecule has 0 fully saturated rings. The number of halogens is 6. The van der Waals surface area contributed by atoms with E-state index in [1.165, 1.54) is 0 Å². The largest absolute Gasteiger partial charge is 0.506 e. The quantitative estimate of drug-likeness (QED) is 0.773. The Morgan fingerprint density at radius 2 is 1.33 bits per heavy atom. The van der Waals surface area contributed by atoms with E-state index < -0.39 is 40.8 Å². The van der Waals surface area contributed by atoms with Crippen LogP contribution in [0.4, 0.5) is 26.3 Å². The van der Waals surface area contributed by atoms with Crippen molar-refractivity contribution >= 4 is 5.97 Å². The molecule has 0 aliphatic carbocycles. The molecule has 18 heavy (non-hydrogen) atoms. The minimum Gasteiger partial charge on any atom is -0.506 e. The van der Waals surface area contributed by atoms with Crippen LogP contribution in [0.3, 0.4) is 0 Å². The molecule has 0 bridgehead atoms. The first-order valence-corrected chi connectivity index (χ1v) is 4.20. The molecule has 0 spiro atoms. The van der Waals surface area contributed by atoms with Crippen LogP contribution in [0, 0.1) is 0 Å². The van der Waals surface area contributed by atoms with Gasteiger partial charge in [0.25, 0.3) is 0 Å². The smallest absolute Gasteiger partial charge is 0.419 e. The Bertz CT molecular complexity index is 488. The monoisotopic (exact) mass is 274 g/mol. The van der Waals surface area contributed by atoms with E-state index in [1.807, 2.05) is 0 Å². The minimum atomic E-state index is -5.19. The van der Waals surface area contributed by atoms with Crippen LogP contribution in [0.2, 0.25) is 0 Å². The molecule has 9 heteroatoms. The van der Waals surface area contributed by atoms with Crippen molar-refractivity contribution in [1.82, 2.24) is 0 Å². The van der Waals surface area contributed by atoms with Crippen LogP contribution in [-0.4, -0.2) is 16.2 Å². The Morgan fingerprint density at radius 1 is 0.944 bits per heavy atom. The lowest BCUT2D eigenvalue weighted by atomic mass is 10.0. The fraction of sp³-hybridized carbons (Fsp3) is 0.222. The number of aromatic hydroxyl groups is 1. The number of aromatic carboxylic acids is 1. The molecule has 0 saturated carbocycles. The van der Waals surface area contributed by atoms with E-state index in [4.69, 9.17) is 10.2 Å². The van der Waals surface area contributed by atoms with Crippen LogP contribution in [0.5, 0.6) is 5.75 Å². The van der Waals surface area contributed by atoms with E-state index in [9.17, 15) is 31.1 Å². The van der Waals surface area contributed by atoms with Crippen molar-refractivity contribution in [2.45, 2.75) is 12.4 Å². The third-order valence-corrected chi connectivity index (χ3v) is 2.00. The van der Waals surface area contributed by atoms with Gasteiger partial charge in [-0.3, -0.25) is 0 Å². The van der Waals surface area contributed by atoms with Crippen LogP contribution in [0.1, 0.15) is 21.5 Å². The van der Waals surface area contributed by atoms with Gasteiger partial charge in [-0.2, -0.15) is 26.3 Å². The normalized spacial score (nSPS) is 12.6. The minimum absolute atomic E-state index is 0.0232. The fourth-order valence-electron chi connectivity index (χ4n) is 1.27. The Labute approximate surface area is 95.3 Å². The van der Waals surface area contributed by atoms with Gasteiger partial charge in [-0.1, -0.05) is 0 Å². The van der Waals surface area contributed by atoms with Crippen molar-refractivity contribution in [3.05, 3.63) is 28.8 Å². The van der Waals surface area contributed by atoms with Gasteiger partial charge in [0, 0.05) is 0 Å². The molecule has 0 aliphatic rings. The second kappa shape index (κ2) is 4.07. The highest BCUT2D eigenvalue weighted by molar-refractivity contribution is 5.93. The first-order valence-electron chi connectivity index (χ1n) is 4.20. The lowest BCUT2D eigenvalue weighted by Crippen LogP contribution is -2.16. The van der Waals surface area contributed by atoms with Crippen molar-refractivity contribution < 1.29 is 41.4 Å². The molecule has 0 saturated heterocycles. The van der Waals surface area contributed by atoms with E-state index in [0.717, 1.165) is 0 Å². The lowest BCUT2D eigenvalue weighted by molar-refractivity contribution is -0.142. The molecule has 0 atom stereocenters. The van der Waals surface area contributed by atoms with Gasteiger partial charge in [0.05, 0.1) is 11.1 Å². The van der Waals surface area contributed by atoms with Gasteiger partial charge in [0.15, 0.2) is 0 Å². The van der Waals surface area contributed by atoms with Crippen molar-refractivity contribution in [1.29, 1.82) is 0 Å². The summed E-state index contributed by atoms with van der Waals surface area (Å²) in [5.74, 6) is -4.25. The molecule has 0 heterocycles. The predicted molar refractivity (Wildman–Crippen MR) is 45.1 cm³/mol. The van der Waals surface area contributed by atoms with Crippen molar-refractivity contribution in [2.75, 3.05) is 0 Å². The third-order valence-electron chi connectivity index (χ3n) is 2.00. The Hall–Kier alpha value is -1.93. The molecule has 2 N–H and O–H groups in total. The number of hydrogen-bond donors (Lipinski definition) is 2. The second-order valence-electron chi connectivity index (χ2n) is 3.18. The number of hydrogen-bond acceptors (Lipinski definition) is 2. The summed E-state index contributed by atoms with van der Waals surface area (Å²) >= 11 is 0. The molecule has 0 amide bonds. The maximum Gasteiger partial charge on any atom is 0.419 e. The van der Waals surface area contributed by atoms with Crippen molar-refractivity contribution in [2.24, 2.45) is 0 Å². The zero-order valence-electron chi connectivity index (χ0n) is 8.23. The first-order chi connectivity index (χ1) is 7.96. The number of carbonyl (C=O) groups is 1. The fourth-order valence-corrected chi connectivity index (χ4v) is 1.27. The molecule has 0 unspecified atom stereocenters. The summed E-state index contributed by atoms with van der Waals surface area (Å²) in [6, 6.07) is -0.0589. The number of carboxylic acid groups (broad SMARTS) is 1. The Morgan fingerprint density at radius 3 is 1.67 bits per heavy atom. The number of carboxylic acids is 1. The van der Waals surface area contributed by atoms with E-state index in [-0.39, 0.29) is 12.1 Å². The maximum absolute atomic E-state index is 12.4. The summed E-state index contributed by atoms with van der Waals surface area (Å²) in [6.07, 6.45) is -10.3. The third kappa shape index (κ3) is 2.49. The molecular weight excluding hydrogens is 270 g/mol.